The standard InChI is InChI=1S/C22H28N4O6S/c1-31-20-9-8-18(33(29,30)26-14-4-2-3-5-15-26)16-19(20)22(28)32-17-21(27)25(12-6-10-23)13-7-11-24/h8-9,16H,2-7,12-15,17H2,1H3. The lowest BCUT2D eigenvalue weighted by atomic mass is 10.2. The molecule has 33 heavy (non-hydrogen) atoms. The third-order valence-electron chi connectivity index (χ3n) is 5.26. The Hall–Kier alpha value is -3.15. The van der Waals surface area contributed by atoms with Crippen molar-refractivity contribution >= 4 is 21.9 Å². The molecule has 0 unspecified atom stereocenters. The van der Waals surface area contributed by atoms with Crippen LogP contribution in [0, 0.1) is 22.7 Å². The van der Waals surface area contributed by atoms with Gasteiger partial charge in [0.05, 0.1) is 37.0 Å². The van der Waals surface area contributed by atoms with Crippen molar-refractivity contribution in [2.45, 2.75) is 43.4 Å². The summed E-state index contributed by atoms with van der Waals surface area (Å²) >= 11 is 0. The second-order valence-electron chi connectivity index (χ2n) is 7.45. The summed E-state index contributed by atoms with van der Waals surface area (Å²) in [5.41, 5.74) is -0.109. The molecule has 0 bridgehead atoms. The molecule has 0 saturated carbocycles. The summed E-state index contributed by atoms with van der Waals surface area (Å²) in [6.07, 6.45) is 3.66. The molecule has 178 valence electrons. The van der Waals surface area contributed by atoms with Crippen molar-refractivity contribution in [3.05, 3.63) is 23.8 Å². The molecule has 1 saturated heterocycles. The van der Waals surface area contributed by atoms with Gasteiger partial charge in [-0.3, -0.25) is 4.79 Å². The van der Waals surface area contributed by atoms with Gasteiger partial charge in [-0.25, -0.2) is 13.2 Å². The molecule has 10 nitrogen and oxygen atoms in total. The Labute approximate surface area is 194 Å². The number of hydrogen-bond donors (Lipinski definition) is 0. The van der Waals surface area contributed by atoms with Gasteiger partial charge in [0.1, 0.15) is 11.3 Å². The molecule has 0 atom stereocenters. The van der Waals surface area contributed by atoms with E-state index < -0.39 is 28.5 Å². The van der Waals surface area contributed by atoms with E-state index in [4.69, 9.17) is 20.0 Å². The highest BCUT2D eigenvalue weighted by molar-refractivity contribution is 7.89. The molecule has 0 aromatic heterocycles. The van der Waals surface area contributed by atoms with Gasteiger partial charge in [-0.1, -0.05) is 12.8 Å². The zero-order valence-electron chi connectivity index (χ0n) is 18.7. The minimum absolute atomic E-state index is 0.0480. The smallest absolute Gasteiger partial charge is 0.342 e. The second-order valence-corrected chi connectivity index (χ2v) is 9.39. The van der Waals surface area contributed by atoms with E-state index in [0.29, 0.717) is 13.1 Å². The monoisotopic (exact) mass is 476 g/mol. The molecule has 1 aliphatic rings. The number of esters is 1. The highest BCUT2D eigenvalue weighted by Crippen LogP contribution is 2.26. The van der Waals surface area contributed by atoms with Crippen LogP contribution in [-0.4, -0.2) is 69.4 Å². The van der Waals surface area contributed by atoms with E-state index >= 15 is 0 Å². The Morgan fingerprint density at radius 1 is 1.06 bits per heavy atom. The van der Waals surface area contributed by atoms with Gasteiger partial charge in [-0.05, 0) is 31.0 Å². The van der Waals surface area contributed by atoms with E-state index in [-0.39, 0.29) is 42.1 Å². The first-order chi connectivity index (χ1) is 15.8. The Morgan fingerprint density at radius 3 is 2.21 bits per heavy atom. The average Bonchev–Trinajstić information content (AvgIpc) is 3.12. The van der Waals surface area contributed by atoms with E-state index in [1.165, 1.54) is 34.5 Å². The van der Waals surface area contributed by atoms with Gasteiger partial charge in [0.2, 0.25) is 10.0 Å². The highest BCUT2D eigenvalue weighted by Gasteiger charge is 2.28. The van der Waals surface area contributed by atoms with Crippen LogP contribution >= 0.6 is 0 Å². The Morgan fingerprint density at radius 2 is 1.67 bits per heavy atom. The number of rotatable bonds is 10. The van der Waals surface area contributed by atoms with Crippen LogP contribution in [0.2, 0.25) is 0 Å². The third kappa shape index (κ3) is 7.17. The summed E-state index contributed by atoms with van der Waals surface area (Å²) in [7, 11) is -2.46. The number of nitrogens with zero attached hydrogens (tertiary/aromatic N) is 4. The van der Waals surface area contributed by atoms with Crippen LogP contribution in [-0.2, 0) is 19.6 Å². The Bertz CT molecular complexity index is 1000. The quantitative estimate of drug-likeness (QED) is 0.467. The molecule has 0 N–H and O–H groups in total. The van der Waals surface area contributed by atoms with Gasteiger partial charge in [0, 0.05) is 26.2 Å². The van der Waals surface area contributed by atoms with Crippen molar-refractivity contribution in [3.63, 3.8) is 0 Å². The van der Waals surface area contributed by atoms with Crippen LogP contribution in [0.3, 0.4) is 0 Å². The predicted molar refractivity (Wildman–Crippen MR) is 118 cm³/mol. The van der Waals surface area contributed by atoms with Crippen molar-refractivity contribution < 1.29 is 27.5 Å². The van der Waals surface area contributed by atoms with Crippen molar-refractivity contribution in [3.8, 4) is 17.9 Å². The summed E-state index contributed by atoms with van der Waals surface area (Å²) in [5.74, 6) is -1.34. The molecule has 2 rings (SSSR count). The first kappa shape index (κ1) is 26.1. The topological polar surface area (TPSA) is 141 Å². The van der Waals surface area contributed by atoms with Gasteiger partial charge < -0.3 is 14.4 Å². The molecule has 1 heterocycles. The molecular weight excluding hydrogens is 448 g/mol. The molecule has 1 aromatic carbocycles. The van der Waals surface area contributed by atoms with Gasteiger partial charge >= 0.3 is 5.97 Å². The van der Waals surface area contributed by atoms with E-state index in [1.54, 1.807) is 0 Å². The summed E-state index contributed by atoms with van der Waals surface area (Å²) in [6, 6.07) is 7.82. The molecule has 1 fully saturated rings. The lowest BCUT2D eigenvalue weighted by molar-refractivity contribution is -0.134. The highest BCUT2D eigenvalue weighted by atomic mass is 32.2. The fraction of sp³-hybridized carbons (Fsp3) is 0.545. The number of methoxy groups -OCH3 is 1. The number of sulfonamides is 1. The molecule has 11 heteroatoms. The maximum Gasteiger partial charge on any atom is 0.342 e. The molecule has 0 radical (unpaired) electrons. The third-order valence-corrected chi connectivity index (χ3v) is 7.15. The van der Waals surface area contributed by atoms with Crippen LogP contribution in [0.1, 0.15) is 48.9 Å². The van der Waals surface area contributed by atoms with Crippen molar-refractivity contribution in [2.75, 3.05) is 39.9 Å². The van der Waals surface area contributed by atoms with Crippen LogP contribution in [0.5, 0.6) is 5.75 Å². The average molecular weight is 477 g/mol. The number of carbonyl (C=O) groups excluding carboxylic acids is 2. The van der Waals surface area contributed by atoms with Crippen molar-refractivity contribution in [1.29, 1.82) is 10.5 Å². The SMILES string of the molecule is COc1ccc(S(=O)(=O)N2CCCCCC2)cc1C(=O)OCC(=O)N(CCC#N)CCC#N. The second kappa shape index (κ2) is 12.8. The zero-order valence-corrected chi connectivity index (χ0v) is 19.5. The number of nitriles is 2. The van der Waals surface area contributed by atoms with Crippen molar-refractivity contribution in [2.24, 2.45) is 0 Å². The zero-order chi connectivity index (χ0) is 24.3. The lowest BCUT2D eigenvalue weighted by Crippen LogP contribution is -2.36. The number of benzene rings is 1. The van der Waals surface area contributed by atoms with Gasteiger partial charge in [-0.15, -0.1) is 0 Å². The van der Waals surface area contributed by atoms with E-state index in [2.05, 4.69) is 0 Å². The van der Waals surface area contributed by atoms with E-state index in [1.807, 2.05) is 12.1 Å². The fourth-order valence-electron chi connectivity index (χ4n) is 3.47. The summed E-state index contributed by atoms with van der Waals surface area (Å²) < 4.78 is 37.9. The Kier molecular flexibility index (Phi) is 10.1. The molecule has 1 amide bonds. The molecule has 0 spiro atoms. The molecule has 1 aliphatic heterocycles. The van der Waals surface area contributed by atoms with E-state index in [9.17, 15) is 18.0 Å². The molecule has 0 aliphatic carbocycles. The maximum absolute atomic E-state index is 13.1. The van der Waals surface area contributed by atoms with Crippen LogP contribution < -0.4 is 4.74 Å². The first-order valence-electron chi connectivity index (χ1n) is 10.7. The summed E-state index contributed by atoms with van der Waals surface area (Å²) in [5, 5.41) is 17.5. The largest absolute Gasteiger partial charge is 0.496 e. The van der Waals surface area contributed by atoms with Crippen LogP contribution in [0.15, 0.2) is 23.1 Å². The lowest BCUT2D eigenvalue weighted by Gasteiger charge is -2.21. The van der Waals surface area contributed by atoms with E-state index in [0.717, 1.165) is 25.7 Å². The Balaban J connectivity index is 2.17. The maximum atomic E-state index is 13.1. The normalized spacial score (nSPS) is 14.4. The summed E-state index contributed by atoms with van der Waals surface area (Å²) in [6.45, 7) is 0.457. The number of ether oxygens (including phenoxy) is 2. The van der Waals surface area contributed by atoms with Gasteiger partial charge in [-0.2, -0.15) is 14.8 Å². The number of amides is 1. The molecule has 1 aromatic rings. The van der Waals surface area contributed by atoms with Gasteiger partial charge in [0.25, 0.3) is 5.91 Å². The predicted octanol–water partition coefficient (Wildman–Crippen LogP) is 2.07. The first-order valence-corrected chi connectivity index (χ1v) is 12.2. The van der Waals surface area contributed by atoms with Crippen molar-refractivity contribution in [1.82, 2.24) is 9.21 Å². The minimum atomic E-state index is -3.80. The van der Waals surface area contributed by atoms with Crippen LogP contribution in [0.25, 0.3) is 0 Å². The molecular formula is C22H28N4O6S. The van der Waals surface area contributed by atoms with Crippen LogP contribution in [0.4, 0.5) is 0 Å². The minimum Gasteiger partial charge on any atom is -0.496 e. The number of carbonyl (C=O) groups is 2. The fourth-order valence-corrected chi connectivity index (χ4v) is 5.01. The van der Waals surface area contributed by atoms with Gasteiger partial charge in [0.15, 0.2) is 6.61 Å². The number of hydrogen-bond acceptors (Lipinski definition) is 8. The summed E-state index contributed by atoms with van der Waals surface area (Å²) in [4.78, 5) is 26.3.